The summed E-state index contributed by atoms with van der Waals surface area (Å²) in [5.41, 5.74) is 7.06. The van der Waals surface area contributed by atoms with E-state index in [1.54, 1.807) is 0 Å². The lowest BCUT2D eigenvalue weighted by Crippen LogP contribution is -2.24. The van der Waals surface area contributed by atoms with Crippen molar-refractivity contribution in [1.82, 2.24) is 0 Å². The lowest BCUT2D eigenvalue weighted by molar-refractivity contribution is 0.833. The summed E-state index contributed by atoms with van der Waals surface area (Å²) in [6, 6.07) is 23.7. The average molecular weight is 327 g/mol. The van der Waals surface area contributed by atoms with E-state index in [-0.39, 0.29) is 6.04 Å². The van der Waals surface area contributed by atoms with Gasteiger partial charge in [0.05, 0.1) is 0 Å². The third-order valence-corrected chi connectivity index (χ3v) is 4.39. The van der Waals surface area contributed by atoms with Gasteiger partial charge in [-0.2, -0.15) is 0 Å². The van der Waals surface area contributed by atoms with Crippen LogP contribution in [0.4, 0.5) is 5.69 Å². The molecule has 0 saturated heterocycles. The van der Waals surface area contributed by atoms with Crippen molar-refractivity contribution in [3.63, 3.8) is 0 Å². The molecule has 0 unspecified atom stereocenters. The minimum absolute atomic E-state index is 0.156. The van der Waals surface area contributed by atoms with Crippen molar-refractivity contribution < 1.29 is 0 Å². The van der Waals surface area contributed by atoms with Gasteiger partial charge >= 0.3 is 0 Å². The summed E-state index contributed by atoms with van der Waals surface area (Å²) in [5, 5.41) is 10.6. The van der Waals surface area contributed by atoms with Crippen molar-refractivity contribution in [2.45, 2.75) is 19.9 Å². The summed E-state index contributed by atoms with van der Waals surface area (Å²) in [6.07, 6.45) is 0. The Morgan fingerprint density at radius 3 is 2.28 bits per heavy atom. The van der Waals surface area contributed by atoms with Crippen LogP contribution < -0.4 is 11.1 Å². The summed E-state index contributed by atoms with van der Waals surface area (Å²) in [7, 11) is 0. The fourth-order valence-corrected chi connectivity index (χ4v) is 3.35. The van der Waals surface area contributed by atoms with E-state index in [9.17, 15) is 0 Å². The largest absolute Gasteiger partial charge is 0.370 e. The molecule has 0 heterocycles. The van der Waals surface area contributed by atoms with Crippen molar-refractivity contribution in [3.05, 3.63) is 66.7 Å². The topological polar surface area (TPSA) is 50.4 Å². The number of rotatable bonds is 2. The van der Waals surface area contributed by atoms with Gasteiger partial charge in [-0.15, -0.1) is 0 Å². The molecule has 25 heavy (non-hydrogen) atoms. The van der Waals surface area contributed by atoms with Crippen LogP contribution in [0.1, 0.15) is 13.8 Å². The second-order valence-electron chi connectivity index (χ2n) is 6.62. The van der Waals surface area contributed by atoms with Crippen LogP contribution in [0.5, 0.6) is 0 Å². The molecule has 3 nitrogen and oxygen atoms in total. The van der Waals surface area contributed by atoms with Crippen LogP contribution in [0.3, 0.4) is 0 Å². The van der Waals surface area contributed by atoms with Gasteiger partial charge in [0.2, 0.25) is 0 Å². The van der Waals surface area contributed by atoms with E-state index in [4.69, 9.17) is 5.73 Å². The van der Waals surface area contributed by atoms with E-state index in [0.29, 0.717) is 5.96 Å². The normalized spacial score (nSPS) is 12.4. The van der Waals surface area contributed by atoms with Crippen molar-refractivity contribution in [2.75, 3.05) is 5.32 Å². The number of nitrogens with one attached hydrogen (secondary N) is 1. The molecule has 4 aromatic carbocycles. The number of hydrogen-bond donors (Lipinski definition) is 2. The Labute approximate surface area is 147 Å². The first-order valence-electron chi connectivity index (χ1n) is 8.56. The van der Waals surface area contributed by atoms with Gasteiger partial charge in [-0.25, -0.2) is 0 Å². The van der Waals surface area contributed by atoms with Crippen LogP contribution in [0.2, 0.25) is 0 Å². The monoisotopic (exact) mass is 327 g/mol. The van der Waals surface area contributed by atoms with Crippen molar-refractivity contribution in [2.24, 2.45) is 10.7 Å². The Bertz CT molecular complexity index is 1110. The highest BCUT2D eigenvalue weighted by Crippen LogP contribution is 2.33. The molecular formula is C22H21N3. The summed E-state index contributed by atoms with van der Waals surface area (Å²) in [4.78, 5) is 4.39. The quantitative estimate of drug-likeness (QED) is 0.228. The molecule has 0 atom stereocenters. The van der Waals surface area contributed by atoms with Crippen molar-refractivity contribution in [1.29, 1.82) is 0 Å². The second-order valence-corrected chi connectivity index (χ2v) is 6.62. The molecule has 3 heteroatoms. The van der Waals surface area contributed by atoms with Gasteiger partial charge in [-0.05, 0) is 59.0 Å². The first kappa shape index (κ1) is 15.5. The van der Waals surface area contributed by atoms with Crippen LogP contribution in [0.25, 0.3) is 32.3 Å². The van der Waals surface area contributed by atoms with Gasteiger partial charge < -0.3 is 11.1 Å². The molecule has 0 amide bonds. The number of benzene rings is 4. The maximum Gasteiger partial charge on any atom is 0.193 e. The molecule has 3 N–H and O–H groups in total. The lowest BCUT2D eigenvalue weighted by Gasteiger charge is -2.13. The number of aliphatic imine (C=N–C) groups is 1. The highest BCUT2D eigenvalue weighted by molar-refractivity contribution is 6.18. The Kier molecular flexibility index (Phi) is 3.77. The first-order chi connectivity index (χ1) is 12.1. The Morgan fingerprint density at radius 1 is 0.840 bits per heavy atom. The van der Waals surface area contributed by atoms with Crippen LogP contribution in [0.15, 0.2) is 71.7 Å². The van der Waals surface area contributed by atoms with Gasteiger partial charge in [-0.1, -0.05) is 48.5 Å². The number of nitrogens with two attached hydrogens (primary N) is 1. The van der Waals surface area contributed by atoms with Gasteiger partial charge in [0.1, 0.15) is 0 Å². The number of anilines is 1. The Hall–Kier alpha value is -3.07. The SMILES string of the molecule is CC(C)N=C(N)Nc1cccc2ccc3cc4ccccc4cc3c12. The fourth-order valence-electron chi connectivity index (χ4n) is 3.35. The first-order valence-corrected chi connectivity index (χ1v) is 8.56. The molecule has 0 aliphatic carbocycles. The predicted molar refractivity (Wildman–Crippen MR) is 109 cm³/mol. The maximum absolute atomic E-state index is 6.07. The van der Waals surface area contributed by atoms with E-state index in [2.05, 4.69) is 71.0 Å². The minimum atomic E-state index is 0.156. The van der Waals surface area contributed by atoms with Gasteiger partial charge in [-0.3, -0.25) is 4.99 Å². The number of fused-ring (bicyclic) bond motifs is 4. The molecule has 0 saturated carbocycles. The average Bonchev–Trinajstić information content (AvgIpc) is 2.59. The standard InChI is InChI=1S/C22H21N3/c1-14(2)24-22(23)25-20-9-5-8-15-10-11-18-12-16-6-3-4-7-17(16)13-19(18)21(15)20/h3-14H,1-2H3,(H3,23,24,25). The highest BCUT2D eigenvalue weighted by atomic mass is 15.1. The van der Waals surface area contributed by atoms with Crippen molar-refractivity contribution >= 4 is 44.0 Å². The molecule has 0 spiro atoms. The van der Waals surface area contributed by atoms with Crippen LogP contribution in [0, 0.1) is 0 Å². The zero-order valence-corrected chi connectivity index (χ0v) is 14.5. The molecular weight excluding hydrogens is 306 g/mol. The molecule has 0 bridgehead atoms. The molecule has 124 valence electrons. The van der Waals surface area contributed by atoms with E-state index >= 15 is 0 Å². The third-order valence-electron chi connectivity index (χ3n) is 4.39. The van der Waals surface area contributed by atoms with Gasteiger partial charge in [0, 0.05) is 17.1 Å². The summed E-state index contributed by atoms with van der Waals surface area (Å²) >= 11 is 0. The fraction of sp³-hybridized carbons (Fsp3) is 0.136. The number of nitrogens with zero attached hydrogens (tertiary/aromatic N) is 1. The maximum atomic E-state index is 6.07. The molecule has 0 aromatic heterocycles. The van der Waals surface area contributed by atoms with Gasteiger partial charge in [0.15, 0.2) is 5.96 Å². The second kappa shape index (κ2) is 6.10. The smallest absolute Gasteiger partial charge is 0.193 e. The van der Waals surface area contributed by atoms with E-state index in [0.717, 1.165) is 5.69 Å². The molecule has 0 aliphatic rings. The summed E-state index contributed by atoms with van der Waals surface area (Å²) in [6.45, 7) is 4.03. The molecule has 4 rings (SSSR count). The van der Waals surface area contributed by atoms with Gasteiger partial charge in [0.25, 0.3) is 0 Å². The molecule has 0 aliphatic heterocycles. The zero-order valence-electron chi connectivity index (χ0n) is 14.5. The Balaban J connectivity index is 2.00. The number of guanidine groups is 1. The summed E-state index contributed by atoms with van der Waals surface area (Å²) in [5.74, 6) is 0.445. The Morgan fingerprint density at radius 2 is 1.52 bits per heavy atom. The number of hydrogen-bond acceptors (Lipinski definition) is 1. The predicted octanol–water partition coefficient (Wildman–Crippen LogP) is 5.28. The minimum Gasteiger partial charge on any atom is -0.370 e. The van der Waals surface area contributed by atoms with Crippen LogP contribution in [-0.4, -0.2) is 12.0 Å². The molecule has 0 fully saturated rings. The molecule has 4 aromatic rings. The zero-order chi connectivity index (χ0) is 17.4. The highest BCUT2D eigenvalue weighted by Gasteiger charge is 2.08. The summed E-state index contributed by atoms with van der Waals surface area (Å²) < 4.78 is 0. The molecule has 0 radical (unpaired) electrons. The van der Waals surface area contributed by atoms with Crippen molar-refractivity contribution in [3.8, 4) is 0 Å². The van der Waals surface area contributed by atoms with Crippen LogP contribution in [-0.2, 0) is 0 Å². The third kappa shape index (κ3) is 2.89. The van der Waals surface area contributed by atoms with E-state index < -0.39 is 0 Å². The lowest BCUT2D eigenvalue weighted by atomic mass is 9.97. The van der Waals surface area contributed by atoms with Crippen LogP contribution >= 0.6 is 0 Å². The van der Waals surface area contributed by atoms with E-state index in [1.165, 1.54) is 32.3 Å². The van der Waals surface area contributed by atoms with E-state index in [1.807, 2.05) is 19.9 Å².